The van der Waals surface area contributed by atoms with Crippen LogP contribution < -0.4 is 0 Å². The fourth-order valence-corrected chi connectivity index (χ4v) is 2.83. The number of nitrogens with zero attached hydrogens (tertiary/aromatic N) is 1. The molecule has 0 N–H and O–H groups in total. The molecule has 0 heterocycles. The summed E-state index contributed by atoms with van der Waals surface area (Å²) in [5.74, 6) is -0.719. The second-order valence-electron chi connectivity index (χ2n) is 5.82. The van der Waals surface area contributed by atoms with E-state index in [1.165, 1.54) is 0 Å². The van der Waals surface area contributed by atoms with Gasteiger partial charge in [0.2, 0.25) is 0 Å². The lowest BCUT2D eigenvalue weighted by molar-refractivity contribution is -0.925. The first-order valence-corrected chi connectivity index (χ1v) is 9.28. The average molecular weight is 335 g/mol. The topological polar surface area (TPSA) is 83.5 Å². The Kier molecular flexibility index (Phi) is 8.88. The summed E-state index contributed by atoms with van der Waals surface area (Å²) in [6, 6.07) is 0. The Balaban J connectivity index is 4.49. The molecule has 1 unspecified atom stereocenters. The first kappa shape index (κ1) is 21.1. The standard InChI is InChI=1S/C15H29NO5S/c1-6-16(7-2,10-8-12-22(18,19)20)11-9-14(5)21-15(17)13(3)4/h14H,3,6-12H2,1-2,4-5H3. The summed E-state index contributed by atoms with van der Waals surface area (Å²) in [5, 5.41) is 0. The van der Waals surface area contributed by atoms with E-state index in [0.29, 0.717) is 29.4 Å². The van der Waals surface area contributed by atoms with Crippen LogP contribution in [0, 0.1) is 0 Å². The molecule has 0 bridgehead atoms. The summed E-state index contributed by atoms with van der Waals surface area (Å²) in [6.07, 6.45) is 0.821. The molecule has 0 aliphatic heterocycles. The molecule has 0 rings (SSSR count). The van der Waals surface area contributed by atoms with Crippen molar-refractivity contribution in [1.29, 1.82) is 0 Å². The quantitative estimate of drug-likeness (QED) is 0.248. The zero-order valence-corrected chi connectivity index (χ0v) is 14.9. The highest BCUT2D eigenvalue weighted by molar-refractivity contribution is 7.85. The van der Waals surface area contributed by atoms with Crippen molar-refractivity contribution in [1.82, 2.24) is 0 Å². The number of hydrogen-bond acceptors (Lipinski definition) is 5. The van der Waals surface area contributed by atoms with E-state index in [4.69, 9.17) is 4.74 Å². The molecule has 0 saturated carbocycles. The molecule has 1 atom stereocenters. The van der Waals surface area contributed by atoms with Gasteiger partial charge in [0, 0.05) is 24.2 Å². The summed E-state index contributed by atoms with van der Waals surface area (Å²) < 4.78 is 38.1. The van der Waals surface area contributed by atoms with Crippen LogP contribution in [0.2, 0.25) is 0 Å². The van der Waals surface area contributed by atoms with E-state index in [2.05, 4.69) is 6.58 Å². The molecule has 0 amide bonds. The van der Waals surface area contributed by atoms with Crippen molar-refractivity contribution >= 4 is 16.1 Å². The summed E-state index contributed by atoms with van der Waals surface area (Å²) in [6.45, 7) is 14.2. The largest absolute Gasteiger partial charge is 0.748 e. The zero-order chi connectivity index (χ0) is 17.4. The second-order valence-corrected chi connectivity index (χ2v) is 7.35. The van der Waals surface area contributed by atoms with Crippen LogP contribution in [0.25, 0.3) is 0 Å². The van der Waals surface area contributed by atoms with Gasteiger partial charge < -0.3 is 13.8 Å². The summed E-state index contributed by atoms with van der Waals surface area (Å²) >= 11 is 0. The monoisotopic (exact) mass is 335 g/mol. The zero-order valence-electron chi connectivity index (χ0n) is 14.1. The lowest BCUT2D eigenvalue weighted by Gasteiger charge is -2.37. The van der Waals surface area contributed by atoms with Gasteiger partial charge in [0.15, 0.2) is 0 Å². The van der Waals surface area contributed by atoms with E-state index >= 15 is 0 Å². The first-order valence-electron chi connectivity index (χ1n) is 7.70. The Morgan fingerprint density at radius 3 is 2.23 bits per heavy atom. The molecule has 0 aromatic heterocycles. The minimum atomic E-state index is -4.16. The SMILES string of the molecule is C=C(C)C(=O)OC(C)CC[N+](CC)(CC)CCCS(=O)(=O)[O-]. The van der Waals surface area contributed by atoms with Crippen molar-refractivity contribution in [3.05, 3.63) is 12.2 Å². The van der Waals surface area contributed by atoms with Crippen LogP contribution in [-0.4, -0.2) is 61.5 Å². The van der Waals surface area contributed by atoms with Gasteiger partial charge in [-0.1, -0.05) is 6.58 Å². The van der Waals surface area contributed by atoms with Gasteiger partial charge in [-0.2, -0.15) is 0 Å². The van der Waals surface area contributed by atoms with Gasteiger partial charge in [0.1, 0.15) is 6.10 Å². The minimum absolute atomic E-state index is 0.219. The van der Waals surface area contributed by atoms with E-state index in [9.17, 15) is 17.8 Å². The predicted octanol–water partition coefficient (Wildman–Crippen LogP) is 1.68. The third-order valence-corrected chi connectivity index (χ3v) is 4.82. The van der Waals surface area contributed by atoms with Crippen molar-refractivity contribution in [3.63, 3.8) is 0 Å². The molecule has 0 spiro atoms. The highest BCUT2D eigenvalue weighted by Crippen LogP contribution is 2.13. The third-order valence-electron chi connectivity index (χ3n) is 4.04. The number of rotatable bonds is 11. The number of ether oxygens (including phenoxy) is 1. The lowest BCUT2D eigenvalue weighted by atomic mass is 10.2. The third kappa shape index (κ3) is 8.51. The van der Waals surface area contributed by atoms with Crippen LogP contribution in [-0.2, 0) is 19.6 Å². The molecule has 0 aromatic carbocycles. The molecule has 22 heavy (non-hydrogen) atoms. The second kappa shape index (κ2) is 9.27. The van der Waals surface area contributed by atoms with E-state index in [-0.39, 0.29) is 11.9 Å². The summed E-state index contributed by atoms with van der Waals surface area (Å²) in [4.78, 5) is 11.5. The van der Waals surface area contributed by atoms with Crippen LogP contribution >= 0.6 is 0 Å². The molecule has 0 fully saturated rings. The molecule has 0 saturated heterocycles. The summed E-state index contributed by atoms with van der Waals surface area (Å²) in [7, 11) is -4.16. The molecule has 7 heteroatoms. The first-order chi connectivity index (χ1) is 10.0. The Morgan fingerprint density at radius 2 is 1.82 bits per heavy atom. The van der Waals surface area contributed by atoms with Crippen molar-refractivity contribution in [3.8, 4) is 0 Å². The Hall–Kier alpha value is -0.920. The fourth-order valence-electron chi connectivity index (χ4n) is 2.34. The van der Waals surface area contributed by atoms with Gasteiger partial charge in [-0.25, -0.2) is 13.2 Å². The average Bonchev–Trinajstić information content (AvgIpc) is 2.41. The van der Waals surface area contributed by atoms with Crippen molar-refractivity contribution < 1.29 is 27.0 Å². The number of esters is 1. The van der Waals surface area contributed by atoms with Crippen LogP contribution in [0.5, 0.6) is 0 Å². The molecular weight excluding hydrogens is 306 g/mol. The lowest BCUT2D eigenvalue weighted by Crippen LogP contribution is -2.50. The summed E-state index contributed by atoms with van der Waals surface area (Å²) in [5.41, 5.74) is 0.374. The molecule has 0 radical (unpaired) electrons. The van der Waals surface area contributed by atoms with Crippen molar-refractivity contribution in [2.24, 2.45) is 0 Å². The highest BCUT2D eigenvalue weighted by Gasteiger charge is 2.24. The van der Waals surface area contributed by atoms with E-state index < -0.39 is 16.1 Å². The molecule has 0 aromatic rings. The fraction of sp³-hybridized carbons (Fsp3) is 0.800. The van der Waals surface area contributed by atoms with Gasteiger partial charge in [0.05, 0.1) is 36.3 Å². The van der Waals surface area contributed by atoms with Crippen LogP contribution in [0.3, 0.4) is 0 Å². The Bertz CT molecular complexity index is 468. The number of quaternary nitrogens is 1. The maximum Gasteiger partial charge on any atom is 0.333 e. The van der Waals surface area contributed by atoms with Gasteiger partial charge in [0.25, 0.3) is 0 Å². The Labute approximate surface area is 134 Å². The van der Waals surface area contributed by atoms with Crippen LogP contribution in [0.4, 0.5) is 0 Å². The molecule has 6 nitrogen and oxygen atoms in total. The maximum absolute atomic E-state index is 11.5. The smallest absolute Gasteiger partial charge is 0.333 e. The van der Waals surface area contributed by atoms with E-state index in [1.54, 1.807) is 6.92 Å². The van der Waals surface area contributed by atoms with Gasteiger partial charge in [-0.05, 0) is 27.7 Å². The van der Waals surface area contributed by atoms with Gasteiger partial charge in [-0.3, -0.25) is 0 Å². The van der Waals surface area contributed by atoms with Crippen molar-refractivity contribution in [2.45, 2.75) is 46.6 Å². The highest BCUT2D eigenvalue weighted by atomic mass is 32.2. The van der Waals surface area contributed by atoms with Crippen LogP contribution in [0.1, 0.15) is 40.5 Å². The predicted molar refractivity (Wildman–Crippen MR) is 85.2 cm³/mol. The van der Waals surface area contributed by atoms with Crippen molar-refractivity contribution in [2.75, 3.05) is 31.9 Å². The molecule has 130 valence electrons. The van der Waals surface area contributed by atoms with Gasteiger partial charge in [-0.15, -0.1) is 0 Å². The molecule has 0 aliphatic rings. The number of carbonyl (C=O) groups is 1. The Morgan fingerprint density at radius 1 is 1.27 bits per heavy atom. The van der Waals surface area contributed by atoms with Crippen LogP contribution in [0.15, 0.2) is 12.2 Å². The molecular formula is C15H29NO5S. The minimum Gasteiger partial charge on any atom is -0.748 e. The molecule has 0 aliphatic carbocycles. The van der Waals surface area contributed by atoms with E-state index in [0.717, 1.165) is 19.6 Å². The van der Waals surface area contributed by atoms with Gasteiger partial charge >= 0.3 is 5.97 Å². The normalized spacial score (nSPS) is 13.7. The number of carbonyl (C=O) groups excluding carboxylic acids is 1. The van der Waals surface area contributed by atoms with E-state index in [1.807, 2.05) is 20.8 Å². The number of hydrogen-bond donors (Lipinski definition) is 0. The maximum atomic E-state index is 11.5.